The molecule has 0 amide bonds. The number of pyridine rings is 2. The third kappa shape index (κ3) is 3.28. The van der Waals surface area contributed by atoms with Crippen LogP contribution in [-0.4, -0.2) is 31.0 Å². The minimum Gasteiger partial charge on any atom is -0.387 e. The van der Waals surface area contributed by atoms with Crippen molar-refractivity contribution in [3.63, 3.8) is 0 Å². The summed E-state index contributed by atoms with van der Waals surface area (Å²) in [5.74, 6) is -1.65. The van der Waals surface area contributed by atoms with E-state index in [0.717, 1.165) is 26.9 Å². The van der Waals surface area contributed by atoms with E-state index in [4.69, 9.17) is 0 Å². The van der Waals surface area contributed by atoms with Crippen LogP contribution >= 0.6 is 11.3 Å². The molecule has 0 spiro atoms. The first-order chi connectivity index (χ1) is 13.8. The largest absolute Gasteiger partial charge is 0.391 e. The summed E-state index contributed by atoms with van der Waals surface area (Å²) in [6.45, 7) is 0. The van der Waals surface area contributed by atoms with Gasteiger partial charge >= 0.3 is 6.18 Å². The Morgan fingerprint density at radius 1 is 1.21 bits per heavy atom. The second-order valence-electron chi connectivity index (χ2n) is 7.59. The molecule has 1 saturated carbocycles. The van der Waals surface area contributed by atoms with Crippen LogP contribution in [0.3, 0.4) is 0 Å². The molecule has 0 aromatic carbocycles. The number of aliphatic hydroxyl groups excluding tert-OH is 1. The molecule has 0 bridgehead atoms. The molecule has 4 aromatic heterocycles. The second kappa shape index (κ2) is 6.50. The molecule has 150 valence electrons. The molecule has 1 atom stereocenters. The minimum absolute atomic E-state index is 0.0195. The van der Waals surface area contributed by atoms with Crippen LogP contribution in [0.1, 0.15) is 23.8 Å². The maximum Gasteiger partial charge on any atom is 0.391 e. The van der Waals surface area contributed by atoms with Gasteiger partial charge in [-0.15, -0.1) is 11.3 Å². The Hall–Kier alpha value is -2.52. The van der Waals surface area contributed by atoms with Crippen molar-refractivity contribution in [3.05, 3.63) is 41.5 Å². The van der Waals surface area contributed by atoms with Gasteiger partial charge in [-0.1, -0.05) is 0 Å². The normalized spacial score (nSPS) is 20.9. The van der Waals surface area contributed by atoms with Gasteiger partial charge in [-0.25, -0.2) is 9.97 Å². The third-order valence-corrected chi connectivity index (χ3v) is 6.66. The van der Waals surface area contributed by atoms with Gasteiger partial charge in [0.15, 0.2) is 5.65 Å². The van der Waals surface area contributed by atoms with Crippen LogP contribution in [0, 0.1) is 11.8 Å². The highest BCUT2D eigenvalue weighted by molar-refractivity contribution is 7.18. The Morgan fingerprint density at radius 3 is 2.76 bits per heavy atom. The van der Waals surface area contributed by atoms with E-state index in [1.807, 2.05) is 37.5 Å². The van der Waals surface area contributed by atoms with Crippen molar-refractivity contribution in [1.29, 1.82) is 0 Å². The lowest BCUT2D eigenvalue weighted by Gasteiger charge is -2.38. The molecule has 5 nitrogen and oxygen atoms in total. The molecule has 1 aliphatic rings. The van der Waals surface area contributed by atoms with Gasteiger partial charge in [-0.3, -0.25) is 4.68 Å². The fraction of sp³-hybridized carbons (Fsp3) is 0.350. The number of halogens is 3. The predicted octanol–water partition coefficient (Wildman–Crippen LogP) is 4.87. The number of hydrogen-bond acceptors (Lipinski definition) is 5. The van der Waals surface area contributed by atoms with E-state index >= 15 is 0 Å². The Kier molecular flexibility index (Phi) is 4.15. The van der Waals surface area contributed by atoms with Crippen molar-refractivity contribution in [2.24, 2.45) is 18.9 Å². The smallest absolute Gasteiger partial charge is 0.387 e. The number of thiophene rings is 1. The van der Waals surface area contributed by atoms with Crippen molar-refractivity contribution in [3.8, 4) is 11.3 Å². The number of aryl methyl sites for hydroxylation is 1. The summed E-state index contributed by atoms with van der Waals surface area (Å²) < 4.78 is 39.8. The fourth-order valence-corrected chi connectivity index (χ4v) is 4.95. The average molecular weight is 418 g/mol. The first-order valence-electron chi connectivity index (χ1n) is 9.23. The van der Waals surface area contributed by atoms with E-state index < -0.39 is 18.2 Å². The number of fused-ring (bicyclic) bond motifs is 2. The van der Waals surface area contributed by atoms with Gasteiger partial charge in [0.1, 0.15) is 4.83 Å². The molecule has 0 saturated heterocycles. The summed E-state index contributed by atoms with van der Waals surface area (Å²) in [6.07, 6.45) is -1.49. The zero-order chi connectivity index (χ0) is 20.3. The highest BCUT2D eigenvalue weighted by atomic mass is 32.1. The Labute approximate surface area is 167 Å². The van der Waals surface area contributed by atoms with Crippen molar-refractivity contribution < 1.29 is 18.3 Å². The Bertz CT molecular complexity index is 1210. The number of rotatable bonds is 3. The van der Waals surface area contributed by atoms with Gasteiger partial charge in [0.05, 0.1) is 17.7 Å². The first kappa shape index (κ1) is 18.5. The highest BCUT2D eigenvalue weighted by Gasteiger charge is 2.50. The first-order valence-corrected chi connectivity index (χ1v) is 10.0. The van der Waals surface area contributed by atoms with Crippen molar-refractivity contribution in [1.82, 2.24) is 19.7 Å². The number of alkyl halides is 3. The molecular formula is C20H17F3N4OS. The minimum atomic E-state index is -4.17. The predicted molar refractivity (Wildman–Crippen MR) is 104 cm³/mol. The van der Waals surface area contributed by atoms with E-state index in [1.165, 1.54) is 11.3 Å². The third-order valence-electron chi connectivity index (χ3n) is 5.55. The van der Waals surface area contributed by atoms with Crippen molar-refractivity contribution in [2.75, 3.05) is 0 Å². The maximum atomic E-state index is 12.7. The summed E-state index contributed by atoms with van der Waals surface area (Å²) in [5.41, 5.74) is 2.27. The van der Waals surface area contributed by atoms with Crippen molar-refractivity contribution in [2.45, 2.75) is 25.1 Å². The maximum absolute atomic E-state index is 12.7. The molecular weight excluding hydrogens is 401 g/mol. The molecule has 4 aromatic rings. The highest BCUT2D eigenvalue weighted by Crippen LogP contribution is 2.50. The monoisotopic (exact) mass is 418 g/mol. The van der Waals surface area contributed by atoms with Gasteiger partial charge in [0, 0.05) is 40.7 Å². The van der Waals surface area contributed by atoms with Gasteiger partial charge in [-0.05, 0) is 43.0 Å². The fourth-order valence-electron chi connectivity index (χ4n) is 3.84. The molecule has 4 heterocycles. The van der Waals surface area contributed by atoms with Gasteiger partial charge in [0.25, 0.3) is 0 Å². The number of aliphatic hydroxyl groups is 1. The Balaban J connectivity index is 1.41. The summed E-state index contributed by atoms with van der Waals surface area (Å²) >= 11 is 1.33. The molecule has 5 rings (SSSR count). The summed E-state index contributed by atoms with van der Waals surface area (Å²) in [4.78, 5) is 10.4. The number of aromatic nitrogens is 4. The average Bonchev–Trinajstić information content (AvgIpc) is 3.19. The molecule has 0 radical (unpaired) electrons. The number of hydrogen-bond donors (Lipinski definition) is 1. The van der Waals surface area contributed by atoms with Gasteiger partial charge in [0.2, 0.25) is 0 Å². The molecule has 29 heavy (non-hydrogen) atoms. The van der Waals surface area contributed by atoms with E-state index in [-0.39, 0.29) is 18.8 Å². The summed E-state index contributed by atoms with van der Waals surface area (Å²) in [6, 6.07) is 7.59. The molecule has 9 heteroatoms. The molecule has 0 aliphatic heterocycles. The van der Waals surface area contributed by atoms with E-state index in [2.05, 4.69) is 15.1 Å². The van der Waals surface area contributed by atoms with Gasteiger partial charge < -0.3 is 5.11 Å². The van der Waals surface area contributed by atoms with Crippen LogP contribution in [0.25, 0.3) is 32.5 Å². The Morgan fingerprint density at radius 2 is 2.00 bits per heavy atom. The number of nitrogens with zero attached hydrogens (tertiary/aromatic N) is 4. The standard InChI is InChI=1S/C20H17F3N4OS/c1-27-9-13-4-12(8-24-18(13)26-27)15-3-2-10-7-16(29-19(10)25-15)17(28)11-5-14(6-11)20(21,22)23/h2-4,7-9,11,14,17,28H,5-6H2,1H3/t11-,14-,17-/m1/s1. The zero-order valence-electron chi connectivity index (χ0n) is 15.4. The van der Waals surface area contributed by atoms with Crippen LogP contribution in [-0.2, 0) is 7.05 Å². The lowest BCUT2D eigenvalue weighted by molar-refractivity contribution is -0.212. The van der Waals surface area contributed by atoms with Crippen LogP contribution in [0.4, 0.5) is 13.2 Å². The summed E-state index contributed by atoms with van der Waals surface area (Å²) in [5, 5.41) is 16.6. The molecule has 1 aliphatic carbocycles. The lowest BCUT2D eigenvalue weighted by atomic mass is 9.71. The van der Waals surface area contributed by atoms with E-state index in [1.54, 1.807) is 10.9 Å². The molecule has 1 fully saturated rings. The summed E-state index contributed by atoms with van der Waals surface area (Å²) in [7, 11) is 1.84. The lowest BCUT2D eigenvalue weighted by Crippen LogP contribution is -2.38. The van der Waals surface area contributed by atoms with Crippen LogP contribution < -0.4 is 0 Å². The zero-order valence-corrected chi connectivity index (χ0v) is 16.2. The van der Waals surface area contributed by atoms with Gasteiger partial charge in [-0.2, -0.15) is 18.3 Å². The van der Waals surface area contributed by atoms with Crippen LogP contribution in [0.15, 0.2) is 36.7 Å². The second-order valence-corrected chi connectivity index (χ2v) is 8.66. The molecule has 0 unspecified atom stereocenters. The van der Waals surface area contributed by atoms with Crippen molar-refractivity contribution >= 4 is 32.6 Å². The quantitative estimate of drug-likeness (QED) is 0.516. The van der Waals surface area contributed by atoms with E-state index in [0.29, 0.717) is 10.5 Å². The topological polar surface area (TPSA) is 63.8 Å². The molecule has 1 N–H and O–H groups in total. The SMILES string of the molecule is Cn1cc2cc(-c3ccc4cc([C@H](O)[C@H]5C[C@H](C(F)(F)F)C5)sc4n3)cnc2n1. The van der Waals surface area contributed by atoms with Crippen LogP contribution in [0.5, 0.6) is 0 Å². The van der Waals surface area contributed by atoms with E-state index in [9.17, 15) is 18.3 Å². The van der Waals surface area contributed by atoms with Crippen LogP contribution in [0.2, 0.25) is 0 Å².